The number of anilines is 1. The molecular formula is C17H20N2O2. The molecule has 0 spiro atoms. The van der Waals surface area contributed by atoms with Gasteiger partial charge in [-0.2, -0.15) is 0 Å². The lowest BCUT2D eigenvalue weighted by Crippen LogP contribution is -2.10. The summed E-state index contributed by atoms with van der Waals surface area (Å²) in [5.74, 6) is 0. The van der Waals surface area contributed by atoms with Crippen LogP contribution in [0.25, 0.3) is 0 Å². The van der Waals surface area contributed by atoms with Crippen molar-refractivity contribution in [3.05, 3.63) is 69.8 Å². The SMILES string of the molecule is CCc1cccc(NC(CC)c2cccc([N+](=O)[O-])c2)c1. The maximum absolute atomic E-state index is 10.9. The molecule has 21 heavy (non-hydrogen) atoms. The Hall–Kier alpha value is -2.36. The van der Waals surface area contributed by atoms with Crippen LogP contribution < -0.4 is 5.32 Å². The Kier molecular flexibility index (Phi) is 4.93. The van der Waals surface area contributed by atoms with E-state index in [9.17, 15) is 10.1 Å². The third-order valence-electron chi connectivity index (χ3n) is 3.57. The number of aryl methyl sites for hydroxylation is 1. The van der Waals surface area contributed by atoms with E-state index in [0.717, 1.165) is 24.1 Å². The first-order valence-corrected chi connectivity index (χ1v) is 7.23. The zero-order valence-corrected chi connectivity index (χ0v) is 12.4. The van der Waals surface area contributed by atoms with Crippen LogP contribution in [-0.4, -0.2) is 4.92 Å². The zero-order valence-electron chi connectivity index (χ0n) is 12.4. The number of nitro benzene ring substituents is 1. The van der Waals surface area contributed by atoms with Gasteiger partial charge in [-0.15, -0.1) is 0 Å². The molecule has 2 rings (SSSR count). The van der Waals surface area contributed by atoms with Crippen LogP contribution in [0.15, 0.2) is 48.5 Å². The van der Waals surface area contributed by atoms with Crippen molar-refractivity contribution >= 4 is 11.4 Å². The highest BCUT2D eigenvalue weighted by Crippen LogP contribution is 2.26. The molecule has 0 radical (unpaired) electrons. The fourth-order valence-electron chi connectivity index (χ4n) is 2.36. The van der Waals surface area contributed by atoms with E-state index >= 15 is 0 Å². The fourth-order valence-corrected chi connectivity index (χ4v) is 2.36. The van der Waals surface area contributed by atoms with Crippen molar-refractivity contribution < 1.29 is 4.92 Å². The third kappa shape index (κ3) is 3.81. The van der Waals surface area contributed by atoms with E-state index in [1.165, 1.54) is 11.6 Å². The van der Waals surface area contributed by atoms with Gasteiger partial charge in [0.05, 0.1) is 11.0 Å². The molecule has 0 aliphatic rings. The number of nitro groups is 1. The largest absolute Gasteiger partial charge is 0.378 e. The topological polar surface area (TPSA) is 55.2 Å². The quantitative estimate of drug-likeness (QED) is 0.616. The average Bonchev–Trinajstić information content (AvgIpc) is 2.53. The second kappa shape index (κ2) is 6.88. The number of nitrogens with one attached hydrogen (secondary N) is 1. The summed E-state index contributed by atoms with van der Waals surface area (Å²) in [7, 11) is 0. The van der Waals surface area contributed by atoms with E-state index in [1.54, 1.807) is 12.1 Å². The molecule has 1 unspecified atom stereocenters. The van der Waals surface area contributed by atoms with Gasteiger partial charge in [-0.05, 0) is 36.1 Å². The van der Waals surface area contributed by atoms with Crippen molar-refractivity contribution in [2.45, 2.75) is 32.7 Å². The molecule has 0 amide bonds. The molecule has 0 aliphatic heterocycles. The van der Waals surface area contributed by atoms with E-state index in [4.69, 9.17) is 0 Å². The molecule has 0 saturated carbocycles. The molecule has 1 atom stereocenters. The van der Waals surface area contributed by atoms with Gasteiger partial charge in [0.1, 0.15) is 0 Å². The molecule has 2 aromatic rings. The van der Waals surface area contributed by atoms with Gasteiger partial charge >= 0.3 is 0 Å². The molecular weight excluding hydrogens is 264 g/mol. The minimum absolute atomic E-state index is 0.0667. The van der Waals surface area contributed by atoms with Crippen molar-refractivity contribution in [3.63, 3.8) is 0 Å². The van der Waals surface area contributed by atoms with Crippen LogP contribution in [0.4, 0.5) is 11.4 Å². The van der Waals surface area contributed by atoms with E-state index in [1.807, 2.05) is 18.2 Å². The normalized spacial score (nSPS) is 11.9. The molecule has 2 aromatic carbocycles. The summed E-state index contributed by atoms with van der Waals surface area (Å²) < 4.78 is 0. The lowest BCUT2D eigenvalue weighted by Gasteiger charge is -2.19. The van der Waals surface area contributed by atoms with Crippen LogP contribution in [0.5, 0.6) is 0 Å². The zero-order chi connectivity index (χ0) is 15.2. The maximum atomic E-state index is 10.9. The minimum Gasteiger partial charge on any atom is -0.378 e. The van der Waals surface area contributed by atoms with Crippen molar-refractivity contribution in [2.24, 2.45) is 0 Å². The molecule has 4 nitrogen and oxygen atoms in total. The van der Waals surface area contributed by atoms with Crippen molar-refractivity contribution in [3.8, 4) is 0 Å². The molecule has 0 saturated heterocycles. The Morgan fingerprint density at radius 2 is 1.90 bits per heavy atom. The smallest absolute Gasteiger partial charge is 0.269 e. The predicted octanol–water partition coefficient (Wildman–Crippen LogP) is 4.72. The minimum atomic E-state index is -0.353. The van der Waals surface area contributed by atoms with Gasteiger partial charge in [0.2, 0.25) is 0 Å². The van der Waals surface area contributed by atoms with Crippen LogP contribution in [-0.2, 0) is 6.42 Å². The monoisotopic (exact) mass is 284 g/mol. The summed E-state index contributed by atoms with van der Waals surface area (Å²) in [4.78, 5) is 10.5. The van der Waals surface area contributed by atoms with E-state index in [-0.39, 0.29) is 16.7 Å². The summed E-state index contributed by atoms with van der Waals surface area (Å²) in [6, 6.07) is 15.2. The summed E-state index contributed by atoms with van der Waals surface area (Å²) in [6.45, 7) is 4.19. The Morgan fingerprint density at radius 1 is 1.14 bits per heavy atom. The molecule has 0 aliphatic carbocycles. The molecule has 4 heteroatoms. The molecule has 0 heterocycles. The lowest BCUT2D eigenvalue weighted by atomic mass is 10.0. The number of nitrogens with zero attached hydrogens (tertiary/aromatic N) is 1. The van der Waals surface area contributed by atoms with Crippen molar-refractivity contribution in [2.75, 3.05) is 5.32 Å². The standard InChI is InChI=1S/C17H20N2O2/c1-3-13-7-5-9-15(11-13)18-17(4-2)14-8-6-10-16(12-14)19(20)21/h5-12,17-18H,3-4H2,1-2H3. The number of benzene rings is 2. The average molecular weight is 284 g/mol. The maximum Gasteiger partial charge on any atom is 0.269 e. The third-order valence-corrected chi connectivity index (χ3v) is 3.57. The highest BCUT2D eigenvalue weighted by molar-refractivity contribution is 5.48. The van der Waals surface area contributed by atoms with Crippen molar-refractivity contribution in [1.82, 2.24) is 0 Å². The summed E-state index contributed by atoms with van der Waals surface area (Å²) in [5, 5.41) is 14.4. The van der Waals surface area contributed by atoms with Gasteiger partial charge < -0.3 is 5.32 Å². The second-order valence-corrected chi connectivity index (χ2v) is 5.01. The summed E-state index contributed by atoms with van der Waals surface area (Å²) >= 11 is 0. The first kappa shape index (κ1) is 15.0. The molecule has 0 fully saturated rings. The van der Waals surface area contributed by atoms with Gasteiger partial charge in [0.15, 0.2) is 0 Å². The lowest BCUT2D eigenvalue weighted by molar-refractivity contribution is -0.384. The van der Waals surface area contributed by atoms with Gasteiger partial charge in [-0.3, -0.25) is 10.1 Å². The van der Waals surface area contributed by atoms with Crippen molar-refractivity contribution in [1.29, 1.82) is 0 Å². The number of hydrogen-bond donors (Lipinski definition) is 1. The number of rotatable bonds is 6. The summed E-state index contributed by atoms with van der Waals surface area (Å²) in [6.07, 6.45) is 1.85. The van der Waals surface area contributed by atoms with E-state index < -0.39 is 0 Å². The fraction of sp³-hybridized carbons (Fsp3) is 0.294. The van der Waals surface area contributed by atoms with E-state index in [2.05, 4.69) is 31.3 Å². The van der Waals surface area contributed by atoms with Crippen LogP contribution in [0.3, 0.4) is 0 Å². The van der Waals surface area contributed by atoms with Gasteiger partial charge in [0.25, 0.3) is 5.69 Å². The second-order valence-electron chi connectivity index (χ2n) is 5.01. The predicted molar refractivity (Wildman–Crippen MR) is 85.6 cm³/mol. The number of non-ortho nitro benzene ring substituents is 1. The Balaban J connectivity index is 2.23. The first-order valence-electron chi connectivity index (χ1n) is 7.23. The molecule has 110 valence electrons. The van der Waals surface area contributed by atoms with Gasteiger partial charge in [-0.25, -0.2) is 0 Å². The van der Waals surface area contributed by atoms with Crippen LogP contribution in [0.1, 0.15) is 37.4 Å². The first-order chi connectivity index (χ1) is 10.1. The Labute approximate surface area is 125 Å². The Morgan fingerprint density at radius 3 is 2.57 bits per heavy atom. The molecule has 1 N–H and O–H groups in total. The number of hydrogen-bond acceptors (Lipinski definition) is 3. The van der Waals surface area contributed by atoms with Gasteiger partial charge in [0, 0.05) is 17.8 Å². The Bertz CT molecular complexity index is 626. The van der Waals surface area contributed by atoms with Crippen LogP contribution >= 0.6 is 0 Å². The van der Waals surface area contributed by atoms with Crippen LogP contribution in [0.2, 0.25) is 0 Å². The van der Waals surface area contributed by atoms with Gasteiger partial charge in [-0.1, -0.05) is 38.1 Å². The van der Waals surface area contributed by atoms with Crippen LogP contribution in [0, 0.1) is 10.1 Å². The molecule has 0 aromatic heterocycles. The molecule has 0 bridgehead atoms. The summed E-state index contributed by atoms with van der Waals surface area (Å²) in [5.41, 5.74) is 3.39. The highest BCUT2D eigenvalue weighted by atomic mass is 16.6. The van der Waals surface area contributed by atoms with E-state index in [0.29, 0.717) is 0 Å². The highest BCUT2D eigenvalue weighted by Gasteiger charge is 2.13.